The highest BCUT2D eigenvalue weighted by Gasteiger charge is 2.13. The Morgan fingerprint density at radius 1 is 1.10 bits per heavy atom. The van der Waals surface area contributed by atoms with Crippen LogP contribution in [0.3, 0.4) is 0 Å². The van der Waals surface area contributed by atoms with Crippen LogP contribution in [-0.4, -0.2) is 20.3 Å². The van der Waals surface area contributed by atoms with Gasteiger partial charge in [-0.05, 0) is 36.0 Å². The third kappa shape index (κ3) is 3.07. The second kappa shape index (κ2) is 5.62. The van der Waals surface area contributed by atoms with Gasteiger partial charge in [-0.1, -0.05) is 0 Å². The number of thioether (sulfide) groups is 1. The fourth-order valence-electron chi connectivity index (χ4n) is 1.47. The quantitative estimate of drug-likeness (QED) is 0.512. The summed E-state index contributed by atoms with van der Waals surface area (Å²) in [5, 5.41) is 28.9. The maximum absolute atomic E-state index is 12.0. The fourth-order valence-corrected chi connectivity index (χ4v) is 2.22. The number of phenolic OH excluding ortho intramolecular Hbond substituents is 2. The molecule has 2 N–H and O–H groups in total. The molecule has 0 atom stereocenters. The first-order chi connectivity index (χ1) is 9.47. The molecule has 102 valence electrons. The zero-order valence-corrected chi connectivity index (χ0v) is 10.8. The summed E-state index contributed by atoms with van der Waals surface area (Å²) in [7, 11) is 0. The lowest BCUT2D eigenvalue weighted by molar-refractivity contribution is -0.384. The first-order valence-electron chi connectivity index (χ1n) is 5.46. The molecule has 0 radical (unpaired) electrons. The minimum Gasteiger partial charge on any atom is -0.508 e. The van der Waals surface area contributed by atoms with Crippen LogP contribution in [-0.2, 0) is 0 Å². The normalized spacial score (nSPS) is 10.2. The molecule has 0 heterocycles. The van der Waals surface area contributed by atoms with E-state index in [-0.39, 0.29) is 27.9 Å². The third-order valence-corrected chi connectivity index (χ3v) is 3.45. The van der Waals surface area contributed by atoms with E-state index >= 15 is 0 Å². The molecule has 2 aromatic rings. The highest BCUT2D eigenvalue weighted by atomic mass is 32.2. The molecule has 0 aliphatic rings. The van der Waals surface area contributed by atoms with Crippen LogP contribution in [0.25, 0.3) is 0 Å². The molecule has 0 spiro atoms. The van der Waals surface area contributed by atoms with E-state index in [4.69, 9.17) is 5.11 Å². The van der Waals surface area contributed by atoms with Crippen LogP contribution in [0, 0.1) is 10.1 Å². The van der Waals surface area contributed by atoms with E-state index < -0.39 is 4.92 Å². The number of non-ortho nitro benzene ring substituents is 1. The minimum atomic E-state index is -0.548. The number of rotatable bonds is 3. The minimum absolute atomic E-state index is 0.0981. The predicted octanol–water partition coefficient (Wildman–Crippen LogP) is 2.94. The smallest absolute Gasteiger partial charge is 0.269 e. The molecule has 0 bridgehead atoms. The van der Waals surface area contributed by atoms with Crippen LogP contribution in [0.2, 0.25) is 0 Å². The Labute approximate surface area is 117 Å². The molecule has 0 aliphatic heterocycles. The number of carbonyl (C=O) groups excluding carboxylic acids is 1. The molecule has 7 heteroatoms. The average molecular weight is 291 g/mol. The standard InChI is InChI=1S/C13H9NO5S/c15-10-5-6-12(11(16)7-10)20-13(17)8-1-3-9(4-2-8)14(18)19/h1-7,15-16H. The third-order valence-electron chi connectivity index (χ3n) is 2.46. The number of hydrogen-bond donors (Lipinski definition) is 2. The molecule has 0 amide bonds. The van der Waals surface area contributed by atoms with Gasteiger partial charge in [-0.2, -0.15) is 0 Å². The SMILES string of the molecule is O=C(Sc1ccc(O)cc1O)c1ccc([N+](=O)[O-])cc1. The summed E-state index contributed by atoms with van der Waals surface area (Å²) < 4.78 is 0. The summed E-state index contributed by atoms with van der Waals surface area (Å²) in [5.41, 5.74) is 0.187. The molecule has 2 rings (SSSR count). The van der Waals surface area contributed by atoms with E-state index in [0.717, 1.165) is 17.8 Å². The van der Waals surface area contributed by atoms with E-state index in [1.807, 2.05) is 0 Å². The van der Waals surface area contributed by atoms with Crippen molar-refractivity contribution in [1.82, 2.24) is 0 Å². The van der Waals surface area contributed by atoms with Crippen LogP contribution in [0.4, 0.5) is 5.69 Å². The predicted molar refractivity (Wildman–Crippen MR) is 73.1 cm³/mol. The molecule has 20 heavy (non-hydrogen) atoms. The molecule has 0 saturated heterocycles. The van der Waals surface area contributed by atoms with E-state index in [9.17, 15) is 20.0 Å². The molecule has 0 unspecified atom stereocenters. The number of carbonyl (C=O) groups is 1. The summed E-state index contributed by atoms with van der Waals surface area (Å²) in [6.07, 6.45) is 0. The van der Waals surface area contributed by atoms with Crippen molar-refractivity contribution in [1.29, 1.82) is 0 Å². The van der Waals surface area contributed by atoms with E-state index in [1.165, 1.54) is 36.4 Å². The van der Waals surface area contributed by atoms with Gasteiger partial charge in [0.2, 0.25) is 5.12 Å². The van der Waals surface area contributed by atoms with Crippen molar-refractivity contribution in [3.63, 3.8) is 0 Å². The number of hydrogen-bond acceptors (Lipinski definition) is 6. The van der Waals surface area contributed by atoms with Crippen molar-refractivity contribution in [2.45, 2.75) is 4.90 Å². The zero-order valence-electron chi connectivity index (χ0n) is 10.0. The zero-order chi connectivity index (χ0) is 14.7. The van der Waals surface area contributed by atoms with Gasteiger partial charge in [0, 0.05) is 23.8 Å². The summed E-state index contributed by atoms with van der Waals surface area (Å²) in [6, 6.07) is 9.08. The van der Waals surface area contributed by atoms with Crippen molar-refractivity contribution in [2.75, 3.05) is 0 Å². The molecular formula is C13H9NO5S. The van der Waals surface area contributed by atoms with Gasteiger partial charge in [0.05, 0.1) is 9.82 Å². The Balaban J connectivity index is 2.17. The number of nitro groups is 1. The highest BCUT2D eigenvalue weighted by Crippen LogP contribution is 2.33. The van der Waals surface area contributed by atoms with Crippen molar-refractivity contribution in [3.8, 4) is 11.5 Å². The Hall–Kier alpha value is -2.54. The number of aromatic hydroxyl groups is 2. The number of phenols is 2. The van der Waals surface area contributed by atoms with Gasteiger partial charge in [-0.25, -0.2) is 0 Å². The van der Waals surface area contributed by atoms with Gasteiger partial charge in [0.1, 0.15) is 11.5 Å². The summed E-state index contributed by atoms with van der Waals surface area (Å²) in [5.74, 6) is -0.306. The lowest BCUT2D eigenvalue weighted by Crippen LogP contribution is -1.94. The summed E-state index contributed by atoms with van der Waals surface area (Å²) in [6.45, 7) is 0. The van der Waals surface area contributed by atoms with Crippen LogP contribution in [0.1, 0.15) is 10.4 Å². The molecule has 0 saturated carbocycles. The molecule has 0 aliphatic carbocycles. The van der Waals surface area contributed by atoms with E-state index in [2.05, 4.69) is 0 Å². The molecule has 0 aromatic heterocycles. The maximum Gasteiger partial charge on any atom is 0.269 e. The number of nitrogens with zero attached hydrogens (tertiary/aromatic N) is 1. The first kappa shape index (κ1) is 13.9. The second-order valence-electron chi connectivity index (χ2n) is 3.85. The Morgan fingerprint density at radius 3 is 2.30 bits per heavy atom. The maximum atomic E-state index is 12.0. The van der Waals surface area contributed by atoms with Gasteiger partial charge in [-0.15, -0.1) is 0 Å². The lowest BCUT2D eigenvalue weighted by Gasteiger charge is -2.04. The van der Waals surface area contributed by atoms with Crippen LogP contribution < -0.4 is 0 Å². The molecule has 0 fully saturated rings. The summed E-state index contributed by atoms with van der Waals surface area (Å²) in [4.78, 5) is 22.2. The van der Waals surface area contributed by atoms with Crippen molar-refractivity contribution >= 4 is 22.6 Å². The lowest BCUT2D eigenvalue weighted by atomic mass is 10.2. The largest absolute Gasteiger partial charge is 0.508 e. The molecular weight excluding hydrogens is 282 g/mol. The molecule has 6 nitrogen and oxygen atoms in total. The van der Waals surface area contributed by atoms with Crippen molar-refractivity contribution in [3.05, 3.63) is 58.1 Å². The van der Waals surface area contributed by atoms with Crippen molar-refractivity contribution < 1.29 is 19.9 Å². The first-order valence-corrected chi connectivity index (χ1v) is 6.27. The van der Waals surface area contributed by atoms with Crippen LogP contribution in [0.15, 0.2) is 47.4 Å². The van der Waals surface area contributed by atoms with Crippen molar-refractivity contribution in [2.24, 2.45) is 0 Å². The average Bonchev–Trinajstić information content (AvgIpc) is 2.42. The second-order valence-corrected chi connectivity index (χ2v) is 4.86. The molecule has 2 aromatic carbocycles. The monoisotopic (exact) mass is 291 g/mol. The Bertz CT molecular complexity index is 669. The van der Waals surface area contributed by atoms with Gasteiger partial charge in [0.25, 0.3) is 5.69 Å². The van der Waals surface area contributed by atoms with E-state index in [1.54, 1.807) is 0 Å². The van der Waals surface area contributed by atoms with Gasteiger partial charge in [0.15, 0.2) is 0 Å². The van der Waals surface area contributed by atoms with Gasteiger partial charge >= 0.3 is 0 Å². The topological polar surface area (TPSA) is 101 Å². The fraction of sp³-hybridized carbons (Fsp3) is 0. The van der Waals surface area contributed by atoms with Crippen LogP contribution >= 0.6 is 11.8 Å². The Kier molecular flexibility index (Phi) is 3.90. The number of nitro benzene ring substituents is 1. The van der Waals surface area contributed by atoms with Gasteiger partial charge in [-0.3, -0.25) is 14.9 Å². The summed E-state index contributed by atoms with van der Waals surface area (Å²) >= 11 is 0.776. The van der Waals surface area contributed by atoms with Crippen LogP contribution in [0.5, 0.6) is 11.5 Å². The van der Waals surface area contributed by atoms with E-state index in [0.29, 0.717) is 4.90 Å². The Morgan fingerprint density at radius 2 is 1.75 bits per heavy atom. The number of benzene rings is 2. The van der Waals surface area contributed by atoms with Gasteiger partial charge < -0.3 is 10.2 Å². The highest BCUT2D eigenvalue weighted by molar-refractivity contribution is 8.14.